The van der Waals surface area contributed by atoms with Gasteiger partial charge in [-0.15, -0.1) is 0 Å². The molecule has 0 bridgehead atoms. The van der Waals surface area contributed by atoms with E-state index in [1.165, 1.54) is 24.3 Å². The number of para-hydroxylation sites is 1. The predicted molar refractivity (Wildman–Crippen MR) is 153 cm³/mol. The zero-order chi connectivity index (χ0) is 28.8. The Bertz CT molecular complexity index is 1500. The molecule has 0 fully saturated rings. The van der Waals surface area contributed by atoms with Crippen molar-refractivity contribution in [2.75, 3.05) is 25.0 Å². The first-order valence-electron chi connectivity index (χ1n) is 13.3. The Morgan fingerprint density at radius 3 is 2.27 bits per heavy atom. The third-order valence-electron chi connectivity index (χ3n) is 7.12. The third-order valence-corrected chi connectivity index (χ3v) is 7.12. The molecule has 8 heteroatoms. The maximum absolute atomic E-state index is 14.0. The highest BCUT2D eigenvalue weighted by Gasteiger charge is 2.36. The molecule has 41 heavy (non-hydrogen) atoms. The van der Waals surface area contributed by atoms with Gasteiger partial charge in [0.2, 0.25) is 0 Å². The van der Waals surface area contributed by atoms with Gasteiger partial charge in [0.25, 0.3) is 0 Å². The van der Waals surface area contributed by atoms with Crippen molar-refractivity contribution < 1.29 is 22.4 Å². The Balaban J connectivity index is 1.42. The maximum Gasteiger partial charge on any atom is 0.416 e. The van der Waals surface area contributed by atoms with E-state index in [1.807, 2.05) is 59.5 Å². The van der Waals surface area contributed by atoms with Gasteiger partial charge in [0.05, 0.1) is 17.3 Å². The zero-order valence-electron chi connectivity index (χ0n) is 22.2. The van der Waals surface area contributed by atoms with Gasteiger partial charge in [0.1, 0.15) is 5.82 Å². The van der Waals surface area contributed by atoms with Gasteiger partial charge >= 0.3 is 12.2 Å². The van der Waals surface area contributed by atoms with Crippen molar-refractivity contribution in [3.8, 4) is 11.1 Å². The summed E-state index contributed by atoms with van der Waals surface area (Å²) in [5.41, 5.74) is 2.69. The van der Waals surface area contributed by atoms with E-state index < -0.39 is 17.8 Å². The first kappa shape index (κ1) is 28.1. The number of hydrogen-bond acceptors (Lipinski definition) is 2. The highest BCUT2D eigenvalue weighted by atomic mass is 19.4. The van der Waals surface area contributed by atoms with Crippen LogP contribution in [0.3, 0.4) is 0 Å². The van der Waals surface area contributed by atoms with Crippen LogP contribution in [0.1, 0.15) is 22.7 Å². The lowest BCUT2D eigenvalue weighted by Gasteiger charge is -2.35. The number of carbonyl (C=O) groups is 1. The van der Waals surface area contributed by atoms with Gasteiger partial charge in [-0.2, -0.15) is 13.2 Å². The number of alkyl halides is 3. The number of amides is 2. The highest BCUT2D eigenvalue weighted by Crippen LogP contribution is 2.37. The minimum Gasteiger partial charge on any atom is -0.320 e. The third kappa shape index (κ3) is 6.84. The lowest BCUT2D eigenvalue weighted by atomic mass is 9.97. The lowest BCUT2D eigenvalue weighted by Crippen LogP contribution is -2.43. The summed E-state index contributed by atoms with van der Waals surface area (Å²) in [6.45, 7) is 1.07. The fourth-order valence-corrected chi connectivity index (χ4v) is 5.07. The smallest absolute Gasteiger partial charge is 0.320 e. The topological polar surface area (TPSA) is 35.6 Å². The number of rotatable bonds is 5. The Labute approximate surface area is 236 Å². The Morgan fingerprint density at radius 1 is 0.829 bits per heavy atom. The van der Waals surface area contributed by atoms with E-state index in [9.17, 15) is 22.4 Å². The standard InChI is InChI=1S/C33H29F4N3O/c34-26-18-16-24(17-19-26)23-40-22-21-39(20-8-15-31(40)28-12-4-6-13-29(28)33(35,36)37)32(41)38-30-14-7-5-11-27(30)25-9-2-1-3-10-25/h1-19,31H,20-23H2,(H,38,41)/b15-8-/t31-/m1/s1. The van der Waals surface area contributed by atoms with Crippen LogP contribution < -0.4 is 5.32 Å². The Kier molecular flexibility index (Phi) is 8.50. The number of carbonyl (C=O) groups excluding carboxylic acids is 1. The van der Waals surface area contributed by atoms with Crippen molar-refractivity contribution in [1.82, 2.24) is 9.80 Å². The van der Waals surface area contributed by atoms with Crippen molar-refractivity contribution >= 4 is 11.7 Å². The molecule has 0 saturated heterocycles. The average Bonchev–Trinajstić information content (AvgIpc) is 2.96. The van der Waals surface area contributed by atoms with E-state index in [-0.39, 0.29) is 37.0 Å². The van der Waals surface area contributed by atoms with Crippen LogP contribution in [0.25, 0.3) is 11.1 Å². The summed E-state index contributed by atoms with van der Waals surface area (Å²) in [4.78, 5) is 16.9. The molecule has 1 heterocycles. The van der Waals surface area contributed by atoms with E-state index >= 15 is 0 Å². The summed E-state index contributed by atoms with van der Waals surface area (Å²) >= 11 is 0. The number of benzene rings is 4. The van der Waals surface area contributed by atoms with Crippen LogP contribution in [0.5, 0.6) is 0 Å². The Morgan fingerprint density at radius 2 is 1.51 bits per heavy atom. The molecule has 0 spiro atoms. The van der Waals surface area contributed by atoms with Crippen LogP contribution in [-0.4, -0.2) is 35.5 Å². The van der Waals surface area contributed by atoms with E-state index in [2.05, 4.69) is 5.32 Å². The highest BCUT2D eigenvalue weighted by molar-refractivity contribution is 5.94. The normalized spacial score (nSPS) is 17.0. The van der Waals surface area contributed by atoms with Crippen LogP contribution in [0.2, 0.25) is 0 Å². The van der Waals surface area contributed by atoms with E-state index in [0.29, 0.717) is 12.2 Å². The molecule has 1 aliphatic rings. The first-order chi connectivity index (χ1) is 19.8. The molecule has 4 nitrogen and oxygen atoms in total. The molecule has 0 unspecified atom stereocenters. The lowest BCUT2D eigenvalue weighted by molar-refractivity contribution is -0.138. The number of urea groups is 1. The molecule has 210 valence electrons. The van der Waals surface area contributed by atoms with E-state index in [0.717, 1.165) is 22.8 Å². The minimum atomic E-state index is -4.52. The van der Waals surface area contributed by atoms with Crippen molar-refractivity contribution in [3.05, 3.63) is 138 Å². The number of nitrogens with zero attached hydrogens (tertiary/aromatic N) is 2. The van der Waals surface area contributed by atoms with Crippen LogP contribution in [0, 0.1) is 5.82 Å². The molecule has 0 radical (unpaired) electrons. The zero-order valence-corrected chi connectivity index (χ0v) is 22.2. The van der Waals surface area contributed by atoms with Crippen LogP contribution in [-0.2, 0) is 12.7 Å². The van der Waals surface area contributed by atoms with Crippen molar-refractivity contribution in [2.45, 2.75) is 18.8 Å². The SMILES string of the molecule is O=C(Nc1ccccc1-c1ccccc1)N1C/C=C\[C@H](c2ccccc2C(F)(F)F)N(Cc2ccc(F)cc2)CC1. The molecule has 4 aromatic rings. The summed E-state index contributed by atoms with van der Waals surface area (Å²) in [5.74, 6) is -0.390. The van der Waals surface area contributed by atoms with Crippen molar-refractivity contribution in [3.63, 3.8) is 0 Å². The summed E-state index contributed by atoms with van der Waals surface area (Å²) in [6, 6.07) is 27.7. The first-order valence-corrected chi connectivity index (χ1v) is 13.3. The Hall–Kier alpha value is -4.43. The summed E-state index contributed by atoms with van der Waals surface area (Å²) in [7, 11) is 0. The van der Waals surface area contributed by atoms with Crippen molar-refractivity contribution in [1.29, 1.82) is 0 Å². The molecule has 5 rings (SSSR count). The van der Waals surface area contributed by atoms with E-state index in [1.54, 1.807) is 35.3 Å². The number of hydrogen-bond donors (Lipinski definition) is 1. The van der Waals surface area contributed by atoms with Gasteiger partial charge in [-0.3, -0.25) is 4.90 Å². The fraction of sp³-hybridized carbons (Fsp3) is 0.182. The molecule has 1 atom stereocenters. The molecular formula is C33H29F4N3O. The van der Waals surface area contributed by atoms with Gasteiger partial charge in [-0.1, -0.05) is 91.0 Å². The van der Waals surface area contributed by atoms with Crippen LogP contribution >= 0.6 is 0 Å². The fourth-order valence-electron chi connectivity index (χ4n) is 5.07. The van der Waals surface area contributed by atoms with Crippen LogP contribution in [0.4, 0.5) is 28.0 Å². The summed E-state index contributed by atoms with van der Waals surface area (Å²) in [6.07, 6.45) is -1.07. The molecule has 2 amide bonds. The molecule has 4 aromatic carbocycles. The molecule has 1 N–H and O–H groups in total. The summed E-state index contributed by atoms with van der Waals surface area (Å²) in [5, 5.41) is 3.01. The van der Waals surface area contributed by atoms with Crippen LogP contribution in [0.15, 0.2) is 115 Å². The maximum atomic E-state index is 14.0. The van der Waals surface area contributed by atoms with E-state index in [4.69, 9.17) is 0 Å². The molecule has 0 aliphatic carbocycles. The quantitative estimate of drug-likeness (QED) is 0.198. The second-order valence-corrected chi connectivity index (χ2v) is 9.84. The second-order valence-electron chi connectivity index (χ2n) is 9.84. The second kappa shape index (κ2) is 12.4. The summed E-state index contributed by atoms with van der Waals surface area (Å²) < 4.78 is 55.5. The number of anilines is 1. The predicted octanol–water partition coefficient (Wildman–Crippen LogP) is 8.16. The number of nitrogens with one attached hydrogen (secondary N) is 1. The average molecular weight is 560 g/mol. The van der Waals surface area contributed by atoms with Gasteiger partial charge in [0.15, 0.2) is 0 Å². The number of halogens is 4. The molecular weight excluding hydrogens is 530 g/mol. The van der Waals surface area contributed by atoms with Gasteiger partial charge in [-0.25, -0.2) is 9.18 Å². The van der Waals surface area contributed by atoms with Gasteiger partial charge in [-0.05, 0) is 41.0 Å². The molecule has 1 aliphatic heterocycles. The largest absolute Gasteiger partial charge is 0.416 e. The van der Waals surface area contributed by atoms with Gasteiger partial charge < -0.3 is 10.2 Å². The van der Waals surface area contributed by atoms with Gasteiger partial charge in [0, 0.05) is 31.7 Å². The van der Waals surface area contributed by atoms with Crippen molar-refractivity contribution in [2.24, 2.45) is 0 Å². The minimum absolute atomic E-state index is 0.132. The monoisotopic (exact) mass is 559 g/mol. The molecule has 0 aromatic heterocycles. The molecule has 0 saturated carbocycles.